The van der Waals surface area contributed by atoms with Gasteiger partial charge in [0.2, 0.25) is 5.91 Å². The lowest BCUT2D eigenvalue weighted by atomic mass is 9.95. The molecule has 2 aliphatic heterocycles. The van der Waals surface area contributed by atoms with Crippen molar-refractivity contribution in [3.63, 3.8) is 0 Å². The number of ether oxygens (including phenoxy) is 1. The zero-order valence-corrected chi connectivity index (χ0v) is 26.1. The molecule has 43 heavy (non-hydrogen) atoms. The topological polar surface area (TPSA) is 76.6 Å². The summed E-state index contributed by atoms with van der Waals surface area (Å²) >= 11 is 0. The summed E-state index contributed by atoms with van der Waals surface area (Å²) in [7, 11) is 0. The predicted octanol–water partition coefficient (Wildman–Crippen LogP) is 6.48. The van der Waals surface area contributed by atoms with Crippen LogP contribution in [-0.4, -0.2) is 71.0 Å². The number of rotatable bonds is 5. The van der Waals surface area contributed by atoms with E-state index in [0.717, 1.165) is 31.5 Å². The maximum atomic E-state index is 13.5. The molecular weight excluding hydrogens is 547 g/mol. The molecular formula is C34H47FN4O4. The van der Waals surface area contributed by atoms with Crippen molar-refractivity contribution < 1.29 is 23.8 Å². The maximum absolute atomic E-state index is 13.5. The number of carbonyl (C=O) groups excluding carboxylic acids is 2. The van der Waals surface area contributed by atoms with Crippen LogP contribution in [0.1, 0.15) is 90.5 Å². The van der Waals surface area contributed by atoms with E-state index in [1.54, 1.807) is 16.7 Å². The standard InChI is InChI=1S/C34H47FN4O4/c1-24-20-36(33(42)43-30-16-14-28(35)15-17-30)32-19-26(13-18-31(32)39(24)25(2)41)27-21-37(38(22-27)34(3,4)23-40)29-11-9-7-5-6-8-10-12-29/h13-19,24,27,29,40H,5-12,20-23H2,1-4H3/t24-,27?/m0/s1. The van der Waals surface area contributed by atoms with Crippen molar-refractivity contribution in [1.82, 2.24) is 10.0 Å². The minimum atomic E-state index is -0.568. The van der Waals surface area contributed by atoms with Crippen LogP contribution in [0.4, 0.5) is 20.6 Å². The Morgan fingerprint density at radius 3 is 2.21 bits per heavy atom. The minimum absolute atomic E-state index is 0.0571. The summed E-state index contributed by atoms with van der Waals surface area (Å²) in [6, 6.07) is 11.6. The molecule has 2 aromatic carbocycles. The van der Waals surface area contributed by atoms with Gasteiger partial charge in [0.05, 0.1) is 29.6 Å². The van der Waals surface area contributed by atoms with Crippen LogP contribution in [0.2, 0.25) is 0 Å². The summed E-state index contributed by atoms with van der Waals surface area (Å²) < 4.78 is 19.1. The number of halogens is 1. The highest BCUT2D eigenvalue weighted by molar-refractivity contribution is 6.02. The van der Waals surface area contributed by atoms with Crippen molar-refractivity contribution in [3.8, 4) is 5.75 Å². The first-order chi connectivity index (χ1) is 20.6. The highest BCUT2D eigenvalue weighted by atomic mass is 19.1. The van der Waals surface area contributed by atoms with Crippen LogP contribution in [0.15, 0.2) is 42.5 Å². The molecule has 1 unspecified atom stereocenters. The number of aliphatic hydroxyl groups is 1. The fraction of sp³-hybridized carbons (Fsp3) is 0.588. The molecule has 9 heteroatoms. The van der Waals surface area contributed by atoms with Gasteiger partial charge < -0.3 is 14.7 Å². The average Bonchev–Trinajstić information content (AvgIpc) is 3.48. The Kier molecular flexibility index (Phi) is 9.73. The number of aliphatic hydroxyl groups excluding tert-OH is 1. The van der Waals surface area contributed by atoms with E-state index in [4.69, 9.17) is 4.74 Å². The van der Waals surface area contributed by atoms with E-state index in [9.17, 15) is 19.1 Å². The number of carbonyl (C=O) groups is 2. The van der Waals surface area contributed by atoms with Crippen LogP contribution in [0.25, 0.3) is 0 Å². The molecule has 2 atom stereocenters. The summed E-state index contributed by atoms with van der Waals surface area (Å²) in [6.45, 7) is 9.59. The largest absolute Gasteiger partial charge is 0.419 e. The van der Waals surface area contributed by atoms with Gasteiger partial charge in [0.15, 0.2) is 0 Å². The summed E-state index contributed by atoms with van der Waals surface area (Å²) in [4.78, 5) is 29.5. The van der Waals surface area contributed by atoms with Crippen LogP contribution >= 0.6 is 0 Å². The van der Waals surface area contributed by atoms with E-state index in [-0.39, 0.29) is 36.8 Å². The molecule has 2 aromatic rings. The Morgan fingerprint density at radius 2 is 1.58 bits per heavy atom. The Hall–Kier alpha value is -3.01. The van der Waals surface area contributed by atoms with Crippen LogP contribution < -0.4 is 14.5 Å². The van der Waals surface area contributed by atoms with E-state index < -0.39 is 17.4 Å². The third kappa shape index (κ3) is 6.89. The van der Waals surface area contributed by atoms with Crippen LogP contribution in [-0.2, 0) is 4.79 Å². The smallest absolute Gasteiger partial charge is 0.410 e. The lowest BCUT2D eigenvalue weighted by Crippen LogP contribution is -2.55. The van der Waals surface area contributed by atoms with E-state index in [1.165, 1.54) is 62.8 Å². The van der Waals surface area contributed by atoms with Gasteiger partial charge in [0, 0.05) is 38.5 Å². The molecule has 0 radical (unpaired) electrons. The van der Waals surface area contributed by atoms with Crippen LogP contribution in [0, 0.1) is 5.82 Å². The Bertz CT molecular complexity index is 1280. The SMILES string of the molecule is CC(=O)N1c2ccc(C3CN(C4CCCCCCCC4)N(C(C)(C)CO)C3)cc2N(C(=O)Oc2ccc(F)cc2)C[C@@H]1C. The molecule has 1 aliphatic carbocycles. The number of hydrazine groups is 1. The first-order valence-corrected chi connectivity index (χ1v) is 15.9. The second-order valence-corrected chi connectivity index (χ2v) is 13.1. The van der Waals surface area contributed by atoms with E-state index >= 15 is 0 Å². The van der Waals surface area contributed by atoms with Gasteiger partial charge in [0.25, 0.3) is 0 Å². The first-order valence-electron chi connectivity index (χ1n) is 15.9. The molecule has 234 valence electrons. The maximum Gasteiger partial charge on any atom is 0.419 e. The molecule has 8 nitrogen and oxygen atoms in total. The minimum Gasteiger partial charge on any atom is -0.410 e. The summed E-state index contributed by atoms with van der Waals surface area (Å²) in [6.07, 6.45) is 9.37. The monoisotopic (exact) mass is 594 g/mol. The number of fused-ring (bicyclic) bond motifs is 1. The fourth-order valence-electron chi connectivity index (χ4n) is 7.05. The average molecular weight is 595 g/mol. The second-order valence-electron chi connectivity index (χ2n) is 13.1. The van der Waals surface area contributed by atoms with Gasteiger partial charge in [0.1, 0.15) is 11.6 Å². The predicted molar refractivity (Wildman–Crippen MR) is 167 cm³/mol. The van der Waals surface area contributed by atoms with Crippen molar-refractivity contribution in [2.45, 2.75) is 103 Å². The number of nitrogens with zero attached hydrogens (tertiary/aromatic N) is 4. The van der Waals surface area contributed by atoms with Crippen molar-refractivity contribution in [2.24, 2.45) is 0 Å². The third-order valence-electron chi connectivity index (χ3n) is 9.43. The summed E-state index contributed by atoms with van der Waals surface area (Å²) in [5, 5.41) is 15.3. The van der Waals surface area contributed by atoms with E-state index in [2.05, 4.69) is 29.9 Å². The quantitative estimate of drug-likeness (QED) is 0.427. The number of amides is 2. The molecule has 1 saturated heterocycles. The second kappa shape index (κ2) is 13.3. The van der Waals surface area contributed by atoms with E-state index in [0.29, 0.717) is 17.4 Å². The molecule has 2 fully saturated rings. The fourth-order valence-corrected chi connectivity index (χ4v) is 7.05. The normalized spacial score (nSPS) is 22.9. The molecule has 0 bridgehead atoms. The molecule has 5 rings (SSSR count). The van der Waals surface area contributed by atoms with Crippen molar-refractivity contribution in [3.05, 3.63) is 53.8 Å². The Morgan fingerprint density at radius 1 is 0.930 bits per heavy atom. The molecule has 2 heterocycles. The summed E-state index contributed by atoms with van der Waals surface area (Å²) in [5.41, 5.74) is 1.98. The van der Waals surface area contributed by atoms with Gasteiger partial charge in [-0.25, -0.2) is 19.2 Å². The highest BCUT2D eigenvalue weighted by Gasteiger charge is 2.43. The van der Waals surface area contributed by atoms with Gasteiger partial charge in [-0.05, 0) is 75.6 Å². The van der Waals surface area contributed by atoms with Gasteiger partial charge in [-0.1, -0.05) is 44.6 Å². The van der Waals surface area contributed by atoms with Crippen LogP contribution in [0.3, 0.4) is 0 Å². The van der Waals surface area contributed by atoms with Gasteiger partial charge in [-0.2, -0.15) is 0 Å². The Labute approximate surface area is 255 Å². The number of benzene rings is 2. The number of hydrogen-bond donors (Lipinski definition) is 1. The highest BCUT2D eigenvalue weighted by Crippen LogP contribution is 2.41. The van der Waals surface area contributed by atoms with Crippen molar-refractivity contribution in [1.29, 1.82) is 0 Å². The molecule has 0 aromatic heterocycles. The van der Waals surface area contributed by atoms with Crippen molar-refractivity contribution in [2.75, 3.05) is 36.0 Å². The number of anilines is 2. The molecule has 1 saturated carbocycles. The molecule has 3 aliphatic rings. The van der Waals surface area contributed by atoms with Gasteiger partial charge >= 0.3 is 6.09 Å². The third-order valence-corrected chi connectivity index (χ3v) is 9.43. The van der Waals surface area contributed by atoms with Gasteiger partial charge in [-0.15, -0.1) is 0 Å². The van der Waals surface area contributed by atoms with Gasteiger partial charge in [-0.3, -0.25) is 9.69 Å². The molecule has 1 N–H and O–H groups in total. The summed E-state index contributed by atoms with van der Waals surface area (Å²) in [5.74, 6) is -0.0773. The Balaban J connectivity index is 1.46. The zero-order valence-electron chi connectivity index (χ0n) is 26.1. The first kappa shape index (κ1) is 31.4. The molecule has 0 spiro atoms. The van der Waals surface area contributed by atoms with Crippen LogP contribution in [0.5, 0.6) is 5.75 Å². The zero-order chi connectivity index (χ0) is 30.7. The lowest BCUT2D eigenvalue weighted by molar-refractivity contribution is -0.117. The van der Waals surface area contributed by atoms with E-state index in [1.807, 2.05) is 19.1 Å². The lowest BCUT2D eigenvalue weighted by Gasteiger charge is -2.43. The number of hydrogen-bond acceptors (Lipinski definition) is 6. The van der Waals surface area contributed by atoms with Crippen molar-refractivity contribution >= 4 is 23.4 Å². The molecule has 2 amide bonds.